The summed E-state index contributed by atoms with van der Waals surface area (Å²) in [4.78, 5) is 34.6. The third-order valence-electron chi connectivity index (χ3n) is 3.08. The highest BCUT2D eigenvalue weighted by Gasteiger charge is 2.25. The van der Waals surface area contributed by atoms with Gasteiger partial charge in [0.25, 0.3) is 11.5 Å². The van der Waals surface area contributed by atoms with Gasteiger partial charge in [-0.25, -0.2) is 0 Å². The quantitative estimate of drug-likeness (QED) is 0.855. The summed E-state index contributed by atoms with van der Waals surface area (Å²) in [6, 6.07) is 2.76. The van der Waals surface area contributed by atoms with Crippen molar-refractivity contribution in [3.05, 3.63) is 34.2 Å². The second-order valence-corrected chi connectivity index (χ2v) is 6.37. The molecule has 0 aliphatic rings. The smallest absolute Gasteiger partial charge is 0.308 e. The van der Waals surface area contributed by atoms with Gasteiger partial charge in [0.1, 0.15) is 0 Å². The Hall–Kier alpha value is -2.11. The minimum Gasteiger partial charge on any atom is -0.481 e. The fourth-order valence-corrected chi connectivity index (χ4v) is 1.99. The van der Waals surface area contributed by atoms with Crippen LogP contribution in [-0.2, 0) is 11.8 Å². The van der Waals surface area contributed by atoms with E-state index in [1.807, 2.05) is 20.8 Å². The highest BCUT2D eigenvalue weighted by Crippen LogP contribution is 2.24. The Bertz CT molecular complexity index is 584. The predicted octanol–water partition coefficient (Wildman–Crippen LogP) is 1.25. The Morgan fingerprint density at radius 2 is 2.00 bits per heavy atom. The van der Waals surface area contributed by atoms with Crippen LogP contribution in [-0.4, -0.2) is 28.1 Å². The molecule has 0 bridgehead atoms. The van der Waals surface area contributed by atoms with E-state index in [0.29, 0.717) is 6.42 Å². The van der Waals surface area contributed by atoms with Crippen LogP contribution in [0.5, 0.6) is 0 Å². The lowest BCUT2D eigenvalue weighted by Crippen LogP contribution is -2.35. The van der Waals surface area contributed by atoms with Gasteiger partial charge < -0.3 is 15.0 Å². The van der Waals surface area contributed by atoms with E-state index in [1.54, 1.807) is 7.05 Å². The Morgan fingerprint density at radius 1 is 1.38 bits per heavy atom. The first-order chi connectivity index (χ1) is 9.60. The van der Waals surface area contributed by atoms with Gasteiger partial charge in [0.05, 0.1) is 5.92 Å². The lowest BCUT2D eigenvalue weighted by atomic mass is 9.84. The largest absolute Gasteiger partial charge is 0.481 e. The normalized spacial score (nSPS) is 12.8. The molecule has 0 spiro atoms. The number of pyridine rings is 1. The number of aryl methyl sites for hydroxylation is 1. The zero-order valence-corrected chi connectivity index (χ0v) is 12.8. The number of nitrogens with one attached hydrogen (secondary N) is 1. The molecule has 0 fully saturated rings. The molecular weight excluding hydrogens is 272 g/mol. The maximum absolute atomic E-state index is 11.9. The summed E-state index contributed by atoms with van der Waals surface area (Å²) in [6.45, 7) is 5.89. The molecule has 1 unspecified atom stereocenters. The van der Waals surface area contributed by atoms with Crippen molar-refractivity contribution in [1.82, 2.24) is 9.88 Å². The van der Waals surface area contributed by atoms with Gasteiger partial charge in [-0.15, -0.1) is 0 Å². The summed E-state index contributed by atoms with van der Waals surface area (Å²) in [5, 5.41) is 11.8. The number of aliphatic carboxylic acids is 1. The standard InChI is InChI=1S/C15H22N2O4/c1-15(2,3)8-11(14(20)21)9-16-13(19)10-5-6-17(4)12(18)7-10/h5-7,11H,8-9H2,1-4H3,(H,16,19)(H,20,21). The van der Waals surface area contributed by atoms with Crippen molar-refractivity contribution in [2.45, 2.75) is 27.2 Å². The van der Waals surface area contributed by atoms with Crippen molar-refractivity contribution >= 4 is 11.9 Å². The summed E-state index contributed by atoms with van der Waals surface area (Å²) in [5.74, 6) is -2.03. The molecular formula is C15H22N2O4. The van der Waals surface area contributed by atoms with Crippen LogP contribution in [0, 0.1) is 11.3 Å². The average Bonchev–Trinajstić information content (AvgIpc) is 2.35. The number of amides is 1. The SMILES string of the molecule is Cn1ccc(C(=O)NCC(CC(C)(C)C)C(=O)O)cc1=O. The molecule has 0 aliphatic carbocycles. The molecule has 6 heteroatoms. The maximum Gasteiger partial charge on any atom is 0.308 e. The van der Waals surface area contributed by atoms with E-state index in [0.717, 1.165) is 0 Å². The third-order valence-corrected chi connectivity index (χ3v) is 3.08. The average molecular weight is 294 g/mol. The Kier molecular flexibility index (Phi) is 5.29. The number of carbonyl (C=O) groups excluding carboxylic acids is 1. The summed E-state index contributed by atoms with van der Waals surface area (Å²) in [6.07, 6.45) is 1.96. The molecule has 1 rings (SSSR count). The fourth-order valence-electron chi connectivity index (χ4n) is 1.99. The molecule has 2 N–H and O–H groups in total. The van der Waals surface area contributed by atoms with Gasteiger partial charge in [0.2, 0.25) is 0 Å². The number of carboxylic acids is 1. The number of carboxylic acid groups (broad SMARTS) is 1. The lowest BCUT2D eigenvalue weighted by molar-refractivity contribution is -0.142. The summed E-state index contributed by atoms with van der Waals surface area (Å²) < 4.78 is 1.36. The number of carbonyl (C=O) groups is 2. The molecule has 0 saturated carbocycles. The van der Waals surface area contributed by atoms with Crippen LogP contribution in [0.15, 0.2) is 23.1 Å². The molecule has 21 heavy (non-hydrogen) atoms. The van der Waals surface area contributed by atoms with Crippen molar-refractivity contribution < 1.29 is 14.7 Å². The van der Waals surface area contributed by atoms with E-state index in [9.17, 15) is 19.5 Å². The van der Waals surface area contributed by atoms with Crippen molar-refractivity contribution in [1.29, 1.82) is 0 Å². The topological polar surface area (TPSA) is 88.4 Å². The molecule has 1 atom stereocenters. The molecule has 0 aliphatic heterocycles. The lowest BCUT2D eigenvalue weighted by Gasteiger charge is -2.23. The zero-order chi connectivity index (χ0) is 16.2. The third kappa shape index (κ3) is 5.41. The van der Waals surface area contributed by atoms with E-state index in [2.05, 4.69) is 5.32 Å². The van der Waals surface area contributed by atoms with Crippen molar-refractivity contribution in [2.24, 2.45) is 18.4 Å². The number of rotatable bonds is 5. The molecule has 1 amide bonds. The molecule has 0 aromatic carbocycles. The highest BCUT2D eigenvalue weighted by atomic mass is 16.4. The van der Waals surface area contributed by atoms with Crippen molar-refractivity contribution in [2.75, 3.05) is 6.54 Å². The summed E-state index contributed by atoms with van der Waals surface area (Å²) in [7, 11) is 1.59. The van der Waals surface area contributed by atoms with Crippen LogP contribution in [0.4, 0.5) is 0 Å². The molecule has 0 radical (unpaired) electrons. The first kappa shape index (κ1) is 16.9. The first-order valence-corrected chi connectivity index (χ1v) is 6.78. The van der Waals surface area contributed by atoms with Crippen LogP contribution < -0.4 is 10.9 Å². The minimum absolute atomic E-state index is 0.0423. The van der Waals surface area contributed by atoms with Crippen molar-refractivity contribution in [3.63, 3.8) is 0 Å². The Morgan fingerprint density at radius 3 is 2.48 bits per heavy atom. The van der Waals surface area contributed by atoms with Gasteiger partial charge in [-0.2, -0.15) is 0 Å². The van der Waals surface area contributed by atoms with Crippen LogP contribution in [0.25, 0.3) is 0 Å². The number of hydrogen-bond donors (Lipinski definition) is 2. The monoisotopic (exact) mass is 294 g/mol. The Balaban J connectivity index is 2.71. The molecule has 116 valence electrons. The second kappa shape index (κ2) is 6.56. The van der Waals surface area contributed by atoms with E-state index >= 15 is 0 Å². The van der Waals surface area contributed by atoms with Crippen LogP contribution in [0.3, 0.4) is 0 Å². The van der Waals surface area contributed by atoms with E-state index in [1.165, 1.54) is 22.9 Å². The minimum atomic E-state index is -0.936. The molecule has 0 saturated heterocycles. The van der Waals surface area contributed by atoms with E-state index < -0.39 is 17.8 Å². The van der Waals surface area contributed by atoms with E-state index in [-0.39, 0.29) is 23.1 Å². The van der Waals surface area contributed by atoms with Gasteiger partial charge in [-0.1, -0.05) is 20.8 Å². The summed E-state index contributed by atoms with van der Waals surface area (Å²) >= 11 is 0. The molecule has 1 aromatic rings. The van der Waals surface area contributed by atoms with Gasteiger partial charge >= 0.3 is 5.97 Å². The highest BCUT2D eigenvalue weighted by molar-refractivity contribution is 5.94. The van der Waals surface area contributed by atoms with Crippen LogP contribution in [0.1, 0.15) is 37.6 Å². The molecule has 1 aromatic heterocycles. The van der Waals surface area contributed by atoms with Crippen LogP contribution >= 0.6 is 0 Å². The fraction of sp³-hybridized carbons (Fsp3) is 0.533. The van der Waals surface area contributed by atoms with Gasteiger partial charge in [-0.05, 0) is 17.9 Å². The van der Waals surface area contributed by atoms with Gasteiger partial charge in [-0.3, -0.25) is 14.4 Å². The summed E-state index contributed by atoms with van der Waals surface area (Å²) in [5.41, 5.74) is -0.193. The van der Waals surface area contributed by atoms with Gasteiger partial charge in [0, 0.05) is 31.4 Å². The van der Waals surface area contributed by atoms with Gasteiger partial charge in [0.15, 0.2) is 0 Å². The van der Waals surface area contributed by atoms with Crippen LogP contribution in [0.2, 0.25) is 0 Å². The second-order valence-electron chi connectivity index (χ2n) is 6.37. The number of hydrogen-bond acceptors (Lipinski definition) is 3. The number of aromatic nitrogens is 1. The van der Waals surface area contributed by atoms with Crippen molar-refractivity contribution in [3.8, 4) is 0 Å². The predicted molar refractivity (Wildman–Crippen MR) is 79.2 cm³/mol. The maximum atomic E-state index is 11.9. The number of nitrogens with zero attached hydrogens (tertiary/aromatic N) is 1. The Labute approximate surface area is 123 Å². The molecule has 6 nitrogen and oxygen atoms in total. The molecule has 1 heterocycles. The van der Waals surface area contributed by atoms with E-state index in [4.69, 9.17) is 0 Å². The first-order valence-electron chi connectivity index (χ1n) is 6.78. The zero-order valence-electron chi connectivity index (χ0n) is 12.8.